The van der Waals surface area contributed by atoms with Crippen LogP contribution in [0.4, 0.5) is 5.82 Å². The molecule has 2 saturated heterocycles. The number of hydrogen-bond donors (Lipinski definition) is 8. The Morgan fingerprint density at radius 1 is 1.00 bits per heavy atom. The van der Waals surface area contributed by atoms with Crippen LogP contribution in [0, 0.1) is 0 Å². The van der Waals surface area contributed by atoms with Gasteiger partial charge in [-0.3, -0.25) is 4.57 Å². The minimum absolute atomic E-state index is 0.0325. The van der Waals surface area contributed by atoms with Crippen molar-refractivity contribution in [1.29, 1.82) is 0 Å². The van der Waals surface area contributed by atoms with Crippen LogP contribution in [0.1, 0.15) is 6.23 Å². The van der Waals surface area contributed by atoms with Gasteiger partial charge in [0, 0.05) is 0 Å². The number of nitrogen functional groups attached to an aromatic ring is 1. The molecule has 2 aromatic heterocycles. The monoisotopic (exact) mass is 615 g/mol. The number of aromatic nitrogens is 4. The first kappa shape index (κ1) is 31.2. The van der Waals surface area contributed by atoms with Crippen LogP contribution in [0.5, 0.6) is 0 Å². The molecule has 2 aliphatic heterocycles. The SMILES string of the molecule is Nc1ncnc2c1ncn2[C@@H]1O[C@H](COP(=O)([O-])CP(=O)([O-])O[C@@H]2OC([C@H](O)CO)[C@@H](O)C(O)C2O)C(O)C1O. The van der Waals surface area contributed by atoms with E-state index >= 15 is 0 Å². The van der Waals surface area contributed by atoms with Gasteiger partial charge in [-0.05, 0) is 0 Å². The molecular weight excluding hydrogens is 588 g/mol. The van der Waals surface area contributed by atoms with Crippen molar-refractivity contribution in [1.82, 2.24) is 19.5 Å². The first-order valence-electron chi connectivity index (χ1n) is 11.5. The summed E-state index contributed by atoms with van der Waals surface area (Å²) in [4.78, 5) is 36.6. The third kappa shape index (κ3) is 6.36. The Morgan fingerprint density at radius 3 is 2.38 bits per heavy atom. The van der Waals surface area contributed by atoms with E-state index in [9.17, 15) is 49.6 Å². The highest BCUT2D eigenvalue weighted by atomic mass is 31.2. The molecule has 12 atom stereocenters. The van der Waals surface area contributed by atoms with E-state index < -0.39 is 95.7 Å². The average Bonchev–Trinajstić information content (AvgIpc) is 3.43. The smallest absolute Gasteiger partial charge is 0.192 e. The van der Waals surface area contributed by atoms with Crippen LogP contribution >= 0.6 is 15.2 Å². The molecule has 0 bridgehead atoms. The predicted molar refractivity (Wildman–Crippen MR) is 123 cm³/mol. The largest absolute Gasteiger partial charge is 0.778 e. The molecule has 0 radical (unpaired) electrons. The van der Waals surface area contributed by atoms with Crippen molar-refractivity contribution < 1.29 is 73.2 Å². The molecule has 0 aromatic carbocycles. The molecule has 7 unspecified atom stereocenters. The van der Waals surface area contributed by atoms with Crippen LogP contribution in [0.3, 0.4) is 0 Å². The normalized spacial score (nSPS) is 36.8. The lowest BCUT2D eigenvalue weighted by atomic mass is 9.96. The Labute approximate surface area is 224 Å². The van der Waals surface area contributed by atoms with Crippen molar-refractivity contribution in [2.45, 2.75) is 61.3 Å². The average molecular weight is 615 g/mol. The summed E-state index contributed by atoms with van der Waals surface area (Å²) in [6.07, 6.45) is -15.8. The predicted octanol–water partition coefficient (Wildman–Crippen LogP) is -5.71. The Balaban J connectivity index is 1.38. The van der Waals surface area contributed by atoms with E-state index in [1.165, 1.54) is 10.9 Å². The Bertz CT molecular complexity index is 1290. The van der Waals surface area contributed by atoms with Gasteiger partial charge in [-0.25, -0.2) is 15.0 Å². The second-order valence-electron chi connectivity index (χ2n) is 9.08. The minimum atomic E-state index is -5.47. The van der Waals surface area contributed by atoms with E-state index in [-0.39, 0.29) is 17.0 Å². The van der Waals surface area contributed by atoms with Crippen LogP contribution in [-0.4, -0.2) is 130 Å². The third-order valence-corrected chi connectivity index (χ3v) is 10.1. The van der Waals surface area contributed by atoms with Gasteiger partial charge in [0.05, 0.1) is 25.4 Å². The van der Waals surface area contributed by atoms with Crippen LogP contribution in [0.2, 0.25) is 0 Å². The number of nitrogens with two attached hydrogens (primary N) is 1. The number of aliphatic hydroxyl groups excluding tert-OH is 7. The highest BCUT2D eigenvalue weighted by molar-refractivity contribution is 7.69. The van der Waals surface area contributed by atoms with Crippen molar-refractivity contribution in [3.8, 4) is 0 Å². The number of fused-ring (bicyclic) bond motifs is 1. The lowest BCUT2D eigenvalue weighted by Crippen LogP contribution is -2.61. The van der Waals surface area contributed by atoms with Gasteiger partial charge in [-0.2, -0.15) is 0 Å². The van der Waals surface area contributed by atoms with Crippen LogP contribution in [-0.2, 0) is 27.7 Å². The zero-order valence-corrected chi connectivity index (χ0v) is 22.0. The van der Waals surface area contributed by atoms with Gasteiger partial charge in [0.2, 0.25) is 0 Å². The molecule has 9 N–H and O–H groups in total. The number of hydrogen-bond acceptors (Lipinski definition) is 19. The van der Waals surface area contributed by atoms with Crippen molar-refractivity contribution in [3.63, 3.8) is 0 Å². The summed E-state index contributed by atoms with van der Waals surface area (Å²) in [6.45, 7) is -1.91. The molecule has 226 valence electrons. The summed E-state index contributed by atoms with van der Waals surface area (Å²) < 4.78 is 45.7. The van der Waals surface area contributed by atoms with Gasteiger partial charge in [-0.15, -0.1) is 0 Å². The molecule has 0 spiro atoms. The van der Waals surface area contributed by atoms with Crippen molar-refractivity contribution in [3.05, 3.63) is 12.7 Å². The van der Waals surface area contributed by atoms with Crippen molar-refractivity contribution in [2.75, 3.05) is 24.9 Å². The number of imidazole rings is 1. The van der Waals surface area contributed by atoms with E-state index in [4.69, 9.17) is 20.3 Å². The van der Waals surface area contributed by atoms with E-state index in [0.717, 1.165) is 6.33 Å². The molecule has 2 aliphatic rings. The van der Waals surface area contributed by atoms with Gasteiger partial charge in [0.25, 0.3) is 0 Å². The molecular formula is C18H27N5O15P2-2. The van der Waals surface area contributed by atoms with E-state index in [0.29, 0.717) is 0 Å². The second-order valence-corrected chi connectivity index (χ2v) is 13.1. The van der Waals surface area contributed by atoms with Crippen LogP contribution in [0.15, 0.2) is 12.7 Å². The van der Waals surface area contributed by atoms with Gasteiger partial charge >= 0.3 is 0 Å². The Kier molecular flexibility index (Phi) is 9.28. The highest BCUT2D eigenvalue weighted by Gasteiger charge is 2.48. The maximum absolute atomic E-state index is 12.4. The van der Waals surface area contributed by atoms with Gasteiger partial charge in [0.1, 0.15) is 75.9 Å². The fraction of sp³-hybridized carbons (Fsp3) is 0.722. The summed E-state index contributed by atoms with van der Waals surface area (Å²) >= 11 is 0. The summed E-state index contributed by atoms with van der Waals surface area (Å²) in [5, 5.41) is 69.3. The number of anilines is 1. The zero-order valence-electron chi connectivity index (χ0n) is 20.2. The van der Waals surface area contributed by atoms with Crippen molar-refractivity contribution in [2.24, 2.45) is 0 Å². The lowest BCUT2D eigenvalue weighted by molar-refractivity contribution is -0.305. The summed E-state index contributed by atoms with van der Waals surface area (Å²) in [5.74, 6) is -1.75. The summed E-state index contributed by atoms with van der Waals surface area (Å²) in [7, 11) is -10.8. The quantitative estimate of drug-likeness (QED) is 0.115. The number of rotatable bonds is 10. The van der Waals surface area contributed by atoms with Gasteiger partial charge in [-0.1, -0.05) is 0 Å². The van der Waals surface area contributed by atoms with Crippen LogP contribution < -0.4 is 15.5 Å². The maximum Gasteiger partial charge on any atom is 0.192 e. The molecule has 0 amide bonds. The molecule has 20 nitrogen and oxygen atoms in total. The summed E-state index contributed by atoms with van der Waals surface area (Å²) in [6, 6.07) is 0. The number of ether oxygens (including phenoxy) is 2. The first-order valence-corrected chi connectivity index (χ1v) is 15.0. The van der Waals surface area contributed by atoms with Crippen LogP contribution in [0.25, 0.3) is 11.2 Å². The fourth-order valence-electron chi connectivity index (χ4n) is 4.17. The second kappa shape index (κ2) is 11.9. The zero-order chi connectivity index (χ0) is 29.6. The fourth-order valence-corrected chi connectivity index (χ4v) is 7.32. The lowest BCUT2D eigenvalue weighted by Gasteiger charge is -2.43. The maximum atomic E-state index is 12.4. The molecule has 40 heavy (non-hydrogen) atoms. The van der Waals surface area contributed by atoms with Gasteiger partial charge < -0.3 is 78.9 Å². The topological polar surface area (TPSA) is 328 Å². The van der Waals surface area contributed by atoms with Gasteiger partial charge in [0.15, 0.2) is 24.0 Å². The van der Waals surface area contributed by atoms with E-state index in [1.807, 2.05) is 0 Å². The molecule has 0 saturated carbocycles. The van der Waals surface area contributed by atoms with Crippen molar-refractivity contribution >= 4 is 32.2 Å². The molecule has 4 rings (SSSR count). The third-order valence-electron chi connectivity index (χ3n) is 6.22. The molecule has 2 fully saturated rings. The number of nitrogens with zero attached hydrogens (tertiary/aromatic N) is 4. The Morgan fingerprint density at radius 2 is 1.70 bits per heavy atom. The molecule has 2 aromatic rings. The standard InChI is InChI=1S/C18H29N5O15P2/c19-15-8-16(21-3-20-15)23(4-22-8)17-12(29)9(26)7(36-17)2-35-39(31,32)5-40(33,34)38-18-13(30)10(27)11(28)14(37-18)6(25)1-24/h3-4,6-7,9-14,17-18,24-30H,1-2,5H2,(H,31,32)(H,33,34)(H2,19,20,21)/p-2/t6-,7-,9?,10?,11+,12?,13?,14?,17-,18+/m1/s1. The number of aliphatic hydroxyl groups is 7. The molecule has 22 heteroatoms. The molecule has 0 aliphatic carbocycles. The summed E-state index contributed by atoms with van der Waals surface area (Å²) in [5.41, 5.74) is 6.04. The first-order chi connectivity index (χ1) is 18.7. The minimum Gasteiger partial charge on any atom is -0.778 e. The Hall–Kier alpha value is -1.71. The molecule has 4 heterocycles. The van der Waals surface area contributed by atoms with E-state index in [1.54, 1.807) is 0 Å². The van der Waals surface area contributed by atoms with E-state index in [2.05, 4.69) is 24.0 Å². The highest BCUT2D eigenvalue weighted by Crippen LogP contribution is 2.55.